The van der Waals surface area contributed by atoms with Gasteiger partial charge in [-0.25, -0.2) is 0 Å². The fourth-order valence-corrected chi connectivity index (χ4v) is 2.15. The minimum Gasteiger partial charge on any atom is -0.496 e. The van der Waals surface area contributed by atoms with Crippen LogP contribution in [0.4, 0.5) is 0 Å². The predicted molar refractivity (Wildman–Crippen MR) is 76.6 cm³/mol. The second-order valence-electron chi connectivity index (χ2n) is 4.22. The highest BCUT2D eigenvalue weighted by Crippen LogP contribution is 2.25. The molecule has 1 N–H and O–H groups in total. The highest BCUT2D eigenvalue weighted by molar-refractivity contribution is 6.31. The maximum atomic E-state index is 6.17. The second kappa shape index (κ2) is 7.16. The first kappa shape index (κ1) is 13.9. The van der Waals surface area contributed by atoms with Crippen LogP contribution in [0.1, 0.15) is 12.0 Å². The fourth-order valence-electron chi connectivity index (χ4n) is 1.91. The number of halogens is 1. The Morgan fingerprint density at radius 2 is 2.26 bits per heavy atom. The Hall–Kier alpha value is -1.52. The van der Waals surface area contributed by atoms with Gasteiger partial charge in [0.2, 0.25) is 0 Å². The summed E-state index contributed by atoms with van der Waals surface area (Å²) < 4.78 is 7.23. The van der Waals surface area contributed by atoms with Crippen molar-refractivity contribution in [2.45, 2.75) is 19.5 Å². The van der Waals surface area contributed by atoms with Gasteiger partial charge in [-0.3, -0.25) is 4.68 Å². The maximum absolute atomic E-state index is 6.17. The molecular weight excluding hydrogens is 262 g/mol. The summed E-state index contributed by atoms with van der Waals surface area (Å²) in [5.74, 6) is 0.826. The van der Waals surface area contributed by atoms with Gasteiger partial charge in [0.1, 0.15) is 5.75 Å². The quantitative estimate of drug-likeness (QED) is 0.792. The molecule has 0 saturated heterocycles. The lowest BCUT2D eigenvalue weighted by molar-refractivity contribution is 0.407. The van der Waals surface area contributed by atoms with E-state index < -0.39 is 0 Å². The van der Waals surface area contributed by atoms with Gasteiger partial charge >= 0.3 is 0 Å². The lowest BCUT2D eigenvalue weighted by atomic mass is 10.2. The molecule has 0 aliphatic carbocycles. The first-order valence-electron chi connectivity index (χ1n) is 6.31. The van der Waals surface area contributed by atoms with Gasteiger partial charge in [-0.05, 0) is 31.2 Å². The molecule has 4 nitrogen and oxygen atoms in total. The van der Waals surface area contributed by atoms with Gasteiger partial charge in [-0.15, -0.1) is 0 Å². The molecule has 0 spiro atoms. The third-order valence-corrected chi connectivity index (χ3v) is 3.25. The van der Waals surface area contributed by atoms with E-state index in [0.29, 0.717) is 6.54 Å². The van der Waals surface area contributed by atoms with Gasteiger partial charge in [0.25, 0.3) is 0 Å². The van der Waals surface area contributed by atoms with E-state index in [9.17, 15) is 0 Å². The Bertz CT molecular complexity index is 499. The van der Waals surface area contributed by atoms with E-state index in [1.807, 2.05) is 35.1 Å². The van der Waals surface area contributed by atoms with Crippen LogP contribution in [0.3, 0.4) is 0 Å². The lowest BCUT2D eigenvalue weighted by Gasteiger charge is -2.11. The molecule has 0 radical (unpaired) electrons. The molecule has 2 aromatic rings. The minimum atomic E-state index is 0.710. The molecule has 1 heterocycles. The number of methoxy groups -OCH3 is 1. The Morgan fingerprint density at radius 3 is 3.00 bits per heavy atom. The summed E-state index contributed by atoms with van der Waals surface area (Å²) in [6.07, 6.45) is 4.79. The summed E-state index contributed by atoms with van der Waals surface area (Å²) in [5, 5.41) is 8.27. The highest BCUT2D eigenvalue weighted by Gasteiger charge is 2.06. The van der Waals surface area contributed by atoms with E-state index in [1.165, 1.54) is 0 Å². The summed E-state index contributed by atoms with van der Waals surface area (Å²) in [4.78, 5) is 0. The summed E-state index contributed by atoms with van der Waals surface area (Å²) in [7, 11) is 1.66. The number of rotatable bonds is 7. The van der Waals surface area contributed by atoms with E-state index in [-0.39, 0.29) is 0 Å². The molecule has 1 aromatic carbocycles. The van der Waals surface area contributed by atoms with Gasteiger partial charge in [0, 0.05) is 36.1 Å². The zero-order chi connectivity index (χ0) is 13.5. The van der Waals surface area contributed by atoms with Crippen molar-refractivity contribution in [3.8, 4) is 5.75 Å². The molecule has 2 rings (SSSR count). The first-order valence-corrected chi connectivity index (χ1v) is 6.68. The van der Waals surface area contributed by atoms with Crippen molar-refractivity contribution in [2.24, 2.45) is 0 Å². The summed E-state index contributed by atoms with van der Waals surface area (Å²) in [5.41, 5.74) is 1.01. The van der Waals surface area contributed by atoms with Crippen molar-refractivity contribution < 1.29 is 4.74 Å². The third-order valence-electron chi connectivity index (χ3n) is 2.90. The van der Waals surface area contributed by atoms with Crippen molar-refractivity contribution >= 4 is 11.6 Å². The van der Waals surface area contributed by atoms with E-state index in [2.05, 4.69) is 10.4 Å². The third kappa shape index (κ3) is 3.98. The van der Waals surface area contributed by atoms with Gasteiger partial charge in [-0.1, -0.05) is 17.7 Å². The van der Waals surface area contributed by atoms with E-state index in [0.717, 1.165) is 35.8 Å². The molecule has 1 aromatic heterocycles. The standard InChI is InChI=1S/C14H18ClN3O/c1-19-14-6-2-5-13(15)12(14)11-16-7-3-9-18-10-4-8-17-18/h2,4-6,8,10,16H,3,7,9,11H2,1H3. The van der Waals surface area contributed by atoms with Crippen LogP contribution in [-0.4, -0.2) is 23.4 Å². The van der Waals surface area contributed by atoms with E-state index in [4.69, 9.17) is 16.3 Å². The van der Waals surface area contributed by atoms with Crippen molar-refractivity contribution in [2.75, 3.05) is 13.7 Å². The Morgan fingerprint density at radius 1 is 1.37 bits per heavy atom. The summed E-state index contributed by atoms with van der Waals surface area (Å²) in [6, 6.07) is 7.63. The van der Waals surface area contributed by atoms with Gasteiger partial charge < -0.3 is 10.1 Å². The molecule has 0 unspecified atom stereocenters. The molecule has 0 saturated carbocycles. The van der Waals surface area contributed by atoms with E-state index in [1.54, 1.807) is 13.3 Å². The van der Waals surface area contributed by atoms with Gasteiger partial charge in [0.05, 0.1) is 7.11 Å². The van der Waals surface area contributed by atoms with Crippen molar-refractivity contribution in [3.05, 3.63) is 47.2 Å². The van der Waals surface area contributed by atoms with E-state index >= 15 is 0 Å². The normalized spacial score (nSPS) is 10.6. The first-order chi connectivity index (χ1) is 9.31. The van der Waals surface area contributed by atoms with Crippen molar-refractivity contribution in [3.63, 3.8) is 0 Å². The molecule has 0 bridgehead atoms. The number of nitrogens with zero attached hydrogens (tertiary/aromatic N) is 2. The number of ether oxygens (including phenoxy) is 1. The molecule has 0 aliphatic heterocycles. The maximum Gasteiger partial charge on any atom is 0.124 e. The van der Waals surface area contributed by atoms with Crippen LogP contribution in [0.25, 0.3) is 0 Å². The topological polar surface area (TPSA) is 39.1 Å². The monoisotopic (exact) mass is 279 g/mol. The summed E-state index contributed by atoms with van der Waals surface area (Å²) in [6.45, 7) is 2.54. The van der Waals surface area contributed by atoms with Crippen LogP contribution >= 0.6 is 11.6 Å². The average Bonchev–Trinajstić information content (AvgIpc) is 2.93. The van der Waals surface area contributed by atoms with Crippen molar-refractivity contribution in [1.29, 1.82) is 0 Å². The second-order valence-corrected chi connectivity index (χ2v) is 4.63. The molecule has 0 atom stereocenters. The number of aryl methyl sites for hydroxylation is 1. The largest absolute Gasteiger partial charge is 0.496 e. The highest BCUT2D eigenvalue weighted by atomic mass is 35.5. The van der Waals surface area contributed by atoms with Gasteiger partial charge in [0.15, 0.2) is 0 Å². The molecule has 5 heteroatoms. The zero-order valence-electron chi connectivity index (χ0n) is 11.0. The lowest BCUT2D eigenvalue weighted by Crippen LogP contribution is -2.17. The molecule has 0 fully saturated rings. The van der Waals surface area contributed by atoms with Crippen molar-refractivity contribution in [1.82, 2.24) is 15.1 Å². The zero-order valence-corrected chi connectivity index (χ0v) is 11.7. The molecule has 19 heavy (non-hydrogen) atoms. The van der Waals surface area contributed by atoms with Gasteiger partial charge in [-0.2, -0.15) is 5.10 Å². The fraction of sp³-hybridized carbons (Fsp3) is 0.357. The average molecular weight is 280 g/mol. The number of hydrogen-bond acceptors (Lipinski definition) is 3. The molecule has 0 aliphatic rings. The Labute approximate surface area is 118 Å². The van der Waals surface area contributed by atoms with Crippen LogP contribution < -0.4 is 10.1 Å². The Balaban J connectivity index is 1.76. The predicted octanol–water partition coefficient (Wildman–Crippen LogP) is 2.73. The van der Waals surface area contributed by atoms with Crippen LogP contribution in [0.15, 0.2) is 36.7 Å². The molecule has 0 amide bonds. The number of benzene rings is 1. The van der Waals surface area contributed by atoms with Crippen LogP contribution in [-0.2, 0) is 13.1 Å². The molecular formula is C14H18ClN3O. The SMILES string of the molecule is COc1cccc(Cl)c1CNCCCn1cccn1. The van der Waals surface area contributed by atoms with Crippen LogP contribution in [0, 0.1) is 0 Å². The van der Waals surface area contributed by atoms with Crippen LogP contribution in [0.5, 0.6) is 5.75 Å². The minimum absolute atomic E-state index is 0.710. The Kier molecular flexibility index (Phi) is 5.24. The number of nitrogens with one attached hydrogen (secondary N) is 1. The molecule has 102 valence electrons. The van der Waals surface area contributed by atoms with Crippen LogP contribution in [0.2, 0.25) is 5.02 Å². The number of hydrogen-bond donors (Lipinski definition) is 1. The number of aromatic nitrogens is 2. The smallest absolute Gasteiger partial charge is 0.124 e. The summed E-state index contributed by atoms with van der Waals surface area (Å²) >= 11 is 6.17.